The van der Waals surface area contributed by atoms with E-state index in [4.69, 9.17) is 5.73 Å². The first-order chi connectivity index (χ1) is 16.8. The molecule has 1 fully saturated rings. The lowest BCUT2D eigenvalue weighted by Gasteiger charge is -2.43. The van der Waals surface area contributed by atoms with Crippen LogP contribution in [0.5, 0.6) is 0 Å². The number of halogens is 6. The molecule has 0 radical (unpaired) electrons. The van der Waals surface area contributed by atoms with Crippen LogP contribution in [0.15, 0.2) is 41.4 Å². The van der Waals surface area contributed by atoms with Crippen LogP contribution in [0.3, 0.4) is 0 Å². The van der Waals surface area contributed by atoms with Crippen molar-refractivity contribution in [3.05, 3.63) is 53.6 Å². The Labute approximate surface area is 202 Å². The van der Waals surface area contributed by atoms with Gasteiger partial charge in [0.15, 0.2) is 17.5 Å². The number of nitrogens with one attached hydrogen (secondary N) is 1. The molecular weight excluding hydrogens is 492 g/mol. The molecule has 1 amide bonds. The van der Waals surface area contributed by atoms with Crippen LogP contribution in [0.25, 0.3) is 5.57 Å². The number of likely N-dealkylation sites (tertiary alicyclic amines) is 1. The Kier molecular flexibility index (Phi) is 7.84. The van der Waals surface area contributed by atoms with Gasteiger partial charge in [0.1, 0.15) is 5.70 Å². The van der Waals surface area contributed by atoms with E-state index in [2.05, 4.69) is 25.3 Å². The fraction of sp³-hybridized carbons (Fsp3) is 0.409. The molecule has 1 aliphatic rings. The fourth-order valence-corrected chi connectivity index (χ4v) is 3.89. The number of alkyl halides is 5. The number of pyridine rings is 1. The van der Waals surface area contributed by atoms with Crippen LogP contribution in [0, 0.1) is 11.7 Å². The molecule has 2 aromatic rings. The number of nitrogens with zero attached hydrogens (tertiary/aromatic N) is 5. The quantitative estimate of drug-likeness (QED) is 0.347. The summed E-state index contributed by atoms with van der Waals surface area (Å²) >= 11 is 0. The Morgan fingerprint density at radius 1 is 1.31 bits per heavy atom. The number of amides is 1. The number of rotatable bonds is 6. The van der Waals surface area contributed by atoms with E-state index in [1.807, 2.05) is 0 Å². The highest BCUT2D eigenvalue weighted by Crippen LogP contribution is 2.36. The predicted octanol–water partition coefficient (Wildman–Crippen LogP) is 3.38. The summed E-state index contributed by atoms with van der Waals surface area (Å²) in [4.78, 5) is 29.5. The normalized spacial score (nSPS) is 20.8. The number of carbonyl (C=O) groups excluding carboxylic acids is 1. The van der Waals surface area contributed by atoms with Crippen LogP contribution in [0.1, 0.15) is 24.7 Å². The zero-order valence-corrected chi connectivity index (χ0v) is 19.2. The van der Waals surface area contributed by atoms with Gasteiger partial charge in [0.2, 0.25) is 0 Å². The molecule has 194 valence electrons. The molecule has 0 aliphatic carbocycles. The van der Waals surface area contributed by atoms with E-state index < -0.39 is 65.8 Å². The molecule has 0 spiro atoms. The molecule has 8 nitrogen and oxygen atoms in total. The molecule has 3 rings (SSSR count). The number of carbonyl (C=O) groups is 1. The summed E-state index contributed by atoms with van der Waals surface area (Å²) < 4.78 is 81.5. The lowest BCUT2D eigenvalue weighted by atomic mass is 9.88. The lowest BCUT2D eigenvalue weighted by molar-refractivity contribution is -0.148. The van der Waals surface area contributed by atoms with Crippen LogP contribution >= 0.6 is 0 Å². The minimum atomic E-state index is -4.79. The second-order valence-corrected chi connectivity index (χ2v) is 8.26. The van der Waals surface area contributed by atoms with E-state index in [9.17, 15) is 31.1 Å². The number of allylic oxidation sites excluding steroid dienone is 1. The smallest absolute Gasteiger partial charge is 0.394 e. The van der Waals surface area contributed by atoms with Crippen LogP contribution in [-0.4, -0.2) is 64.1 Å². The van der Waals surface area contributed by atoms with Gasteiger partial charge in [-0.25, -0.2) is 28.1 Å². The minimum absolute atomic E-state index is 0.0202. The number of anilines is 1. The number of hydrogen-bond acceptors (Lipinski definition) is 7. The number of hydrogen-bond donors (Lipinski definition) is 2. The molecule has 2 aromatic heterocycles. The molecule has 0 unspecified atom stereocenters. The molecule has 0 bridgehead atoms. The van der Waals surface area contributed by atoms with Gasteiger partial charge in [-0.05, 0) is 18.1 Å². The summed E-state index contributed by atoms with van der Waals surface area (Å²) in [7, 11) is 1.41. The molecule has 0 aromatic carbocycles. The van der Waals surface area contributed by atoms with E-state index in [1.165, 1.54) is 38.6 Å². The number of nitrogens with two attached hydrogens (primary N) is 1. The summed E-state index contributed by atoms with van der Waals surface area (Å²) in [5.41, 5.74) is 4.38. The monoisotopic (exact) mass is 515 g/mol. The molecule has 3 N–H and O–H groups in total. The Morgan fingerprint density at radius 3 is 2.56 bits per heavy atom. The fourth-order valence-electron chi connectivity index (χ4n) is 3.89. The first kappa shape index (κ1) is 26.9. The highest BCUT2D eigenvalue weighted by atomic mass is 19.4. The second-order valence-electron chi connectivity index (χ2n) is 8.26. The van der Waals surface area contributed by atoms with E-state index >= 15 is 0 Å². The number of aromatic nitrogens is 3. The number of piperidine rings is 1. The standard InChI is InChI=1S/C22H23F6N7O/c1-12-7-21(24,25)11-35(20(36)17(29)14(9-30-2)18-31-4-3-5-32-18)16(12)10-34-19-15(23)6-13(8-33-19)22(26,27)28/h3-6,8-9,12,16H,7,10-11,29H2,1-2H3,(H,33,34)/t12-,16-/m1/s1. The third kappa shape index (κ3) is 6.10. The van der Waals surface area contributed by atoms with Crippen molar-refractivity contribution in [2.45, 2.75) is 31.5 Å². The van der Waals surface area contributed by atoms with Crippen molar-refractivity contribution in [1.29, 1.82) is 0 Å². The van der Waals surface area contributed by atoms with E-state index in [0.717, 1.165) is 4.90 Å². The van der Waals surface area contributed by atoms with Gasteiger partial charge in [0.05, 0.1) is 23.7 Å². The first-order valence-corrected chi connectivity index (χ1v) is 10.7. The summed E-state index contributed by atoms with van der Waals surface area (Å²) in [5, 5.41) is 2.53. The Balaban J connectivity index is 1.91. The molecule has 2 atom stereocenters. The molecule has 0 saturated carbocycles. The zero-order chi connectivity index (χ0) is 26.7. The topological polar surface area (TPSA) is 109 Å². The van der Waals surface area contributed by atoms with Crippen LogP contribution in [0.2, 0.25) is 0 Å². The average Bonchev–Trinajstić information content (AvgIpc) is 2.80. The van der Waals surface area contributed by atoms with E-state index in [-0.39, 0.29) is 24.0 Å². The highest BCUT2D eigenvalue weighted by molar-refractivity contribution is 6.17. The summed E-state index contributed by atoms with van der Waals surface area (Å²) in [6.45, 7) is 0.230. The zero-order valence-electron chi connectivity index (χ0n) is 19.2. The maximum atomic E-state index is 14.5. The molecular formula is C22H23F6N7O. The largest absolute Gasteiger partial charge is 0.417 e. The molecule has 3 heterocycles. The van der Waals surface area contributed by atoms with Crippen molar-refractivity contribution in [2.75, 3.05) is 25.5 Å². The van der Waals surface area contributed by atoms with Gasteiger partial charge in [0, 0.05) is 44.8 Å². The third-order valence-corrected chi connectivity index (χ3v) is 5.57. The van der Waals surface area contributed by atoms with Crippen LogP contribution in [-0.2, 0) is 11.0 Å². The van der Waals surface area contributed by atoms with Crippen LogP contribution in [0.4, 0.5) is 32.2 Å². The van der Waals surface area contributed by atoms with Gasteiger partial charge < -0.3 is 16.0 Å². The van der Waals surface area contributed by atoms with Gasteiger partial charge in [0.25, 0.3) is 11.8 Å². The van der Waals surface area contributed by atoms with Crippen molar-refractivity contribution in [3.8, 4) is 0 Å². The lowest BCUT2D eigenvalue weighted by Crippen LogP contribution is -2.58. The van der Waals surface area contributed by atoms with Crippen molar-refractivity contribution in [1.82, 2.24) is 19.9 Å². The highest BCUT2D eigenvalue weighted by Gasteiger charge is 2.46. The summed E-state index contributed by atoms with van der Waals surface area (Å²) in [5.74, 6) is -6.70. The van der Waals surface area contributed by atoms with E-state index in [1.54, 1.807) is 0 Å². The van der Waals surface area contributed by atoms with Gasteiger partial charge in [-0.15, -0.1) is 0 Å². The van der Waals surface area contributed by atoms with E-state index in [0.29, 0.717) is 6.20 Å². The predicted molar refractivity (Wildman–Crippen MR) is 119 cm³/mol. The van der Waals surface area contributed by atoms with Crippen LogP contribution < -0.4 is 11.1 Å². The average molecular weight is 515 g/mol. The number of aliphatic imine (C=N–C) groups is 1. The van der Waals surface area contributed by atoms with Gasteiger partial charge in [-0.2, -0.15) is 13.2 Å². The van der Waals surface area contributed by atoms with Crippen molar-refractivity contribution in [2.24, 2.45) is 16.6 Å². The second kappa shape index (κ2) is 10.5. The Bertz CT molecular complexity index is 1150. The minimum Gasteiger partial charge on any atom is -0.394 e. The third-order valence-electron chi connectivity index (χ3n) is 5.57. The maximum Gasteiger partial charge on any atom is 0.417 e. The maximum absolute atomic E-state index is 14.5. The van der Waals surface area contributed by atoms with Gasteiger partial charge in [-0.3, -0.25) is 9.79 Å². The molecule has 1 aliphatic heterocycles. The van der Waals surface area contributed by atoms with Gasteiger partial charge in [-0.1, -0.05) is 6.92 Å². The van der Waals surface area contributed by atoms with Crippen molar-refractivity contribution >= 4 is 23.5 Å². The van der Waals surface area contributed by atoms with Crippen molar-refractivity contribution < 1.29 is 31.1 Å². The Hall–Kier alpha value is -3.71. The van der Waals surface area contributed by atoms with Gasteiger partial charge >= 0.3 is 6.18 Å². The summed E-state index contributed by atoms with van der Waals surface area (Å²) in [6, 6.07) is 0.884. The molecule has 14 heteroatoms. The van der Waals surface area contributed by atoms with Crippen molar-refractivity contribution in [3.63, 3.8) is 0 Å². The molecule has 36 heavy (non-hydrogen) atoms. The SMILES string of the molecule is CN=CC(=C(N)C(=O)N1CC(F)(F)C[C@@H](C)[C@H]1CNc1ncc(C(F)(F)F)cc1F)c1ncccn1. The summed E-state index contributed by atoms with van der Waals surface area (Å²) in [6.07, 6.45) is -0.879. The molecule has 1 saturated heterocycles. The Morgan fingerprint density at radius 2 is 1.97 bits per heavy atom. The first-order valence-electron chi connectivity index (χ1n) is 10.7.